The Kier molecular flexibility index (Phi) is 5.43. The van der Waals surface area contributed by atoms with Crippen molar-refractivity contribution >= 4 is 21.9 Å². The second-order valence-electron chi connectivity index (χ2n) is 3.64. The van der Waals surface area contributed by atoms with Crippen LogP contribution in [0.3, 0.4) is 0 Å². The summed E-state index contributed by atoms with van der Waals surface area (Å²) in [5.41, 5.74) is -3.28. The van der Waals surface area contributed by atoms with Gasteiger partial charge in [-0.25, -0.2) is 13.8 Å². The number of nitrogens with zero attached hydrogens (tertiary/aromatic N) is 1. The van der Waals surface area contributed by atoms with Gasteiger partial charge in [-0.1, -0.05) is 0 Å². The summed E-state index contributed by atoms with van der Waals surface area (Å²) in [7, 11) is 0. The summed E-state index contributed by atoms with van der Waals surface area (Å²) >= 11 is 2.64. The van der Waals surface area contributed by atoms with E-state index in [-0.39, 0.29) is 11.2 Å². The lowest BCUT2D eigenvalue weighted by Gasteiger charge is -2.16. The van der Waals surface area contributed by atoms with Crippen LogP contribution in [0.15, 0.2) is 10.7 Å². The number of ether oxygens (including phenoxy) is 1. The number of esters is 1. The number of hydrogen-bond acceptors (Lipinski definition) is 3. The van der Waals surface area contributed by atoms with Gasteiger partial charge in [-0.2, -0.15) is 13.2 Å². The van der Waals surface area contributed by atoms with Crippen molar-refractivity contribution in [3.8, 4) is 0 Å². The van der Waals surface area contributed by atoms with Gasteiger partial charge in [0.15, 0.2) is 0 Å². The predicted octanol–water partition coefficient (Wildman–Crippen LogP) is 3.91. The highest BCUT2D eigenvalue weighted by Crippen LogP contribution is 2.36. The second-order valence-corrected chi connectivity index (χ2v) is 4.45. The van der Waals surface area contributed by atoms with Crippen LogP contribution in [-0.4, -0.2) is 17.6 Å². The zero-order valence-electron chi connectivity index (χ0n) is 10.1. The van der Waals surface area contributed by atoms with E-state index < -0.39 is 41.8 Å². The maximum atomic E-state index is 12.8. The van der Waals surface area contributed by atoms with E-state index in [4.69, 9.17) is 0 Å². The normalized spacial score (nSPS) is 11.8. The van der Waals surface area contributed by atoms with Gasteiger partial charge in [0, 0.05) is 11.1 Å². The first-order chi connectivity index (χ1) is 9.16. The van der Waals surface area contributed by atoms with Crippen LogP contribution < -0.4 is 0 Å². The smallest absolute Gasteiger partial charge is 0.433 e. The zero-order chi connectivity index (χ0) is 15.5. The first-order valence-electron chi connectivity index (χ1n) is 5.37. The monoisotopic (exact) mass is 361 g/mol. The fourth-order valence-electron chi connectivity index (χ4n) is 1.53. The van der Waals surface area contributed by atoms with E-state index in [1.165, 1.54) is 6.92 Å². The van der Waals surface area contributed by atoms with Crippen LogP contribution in [0.2, 0.25) is 0 Å². The molecule has 0 radical (unpaired) electrons. The third kappa shape index (κ3) is 4.12. The summed E-state index contributed by atoms with van der Waals surface area (Å²) < 4.78 is 68.3. The fraction of sp³-hybridized carbons (Fsp3) is 0.455. The van der Waals surface area contributed by atoms with Gasteiger partial charge in [0.2, 0.25) is 0 Å². The first-order valence-corrected chi connectivity index (χ1v) is 6.16. The van der Waals surface area contributed by atoms with Gasteiger partial charge in [-0.05, 0) is 28.9 Å². The van der Waals surface area contributed by atoms with Crippen molar-refractivity contribution in [2.24, 2.45) is 0 Å². The minimum Gasteiger partial charge on any atom is -0.466 e. The number of hydrogen-bond donors (Lipinski definition) is 0. The molecule has 0 N–H and O–H groups in total. The molecule has 0 saturated heterocycles. The van der Waals surface area contributed by atoms with E-state index in [0.29, 0.717) is 0 Å². The molecule has 1 aromatic heterocycles. The lowest BCUT2D eigenvalue weighted by molar-refractivity contribution is -0.144. The number of rotatable bonds is 4. The highest BCUT2D eigenvalue weighted by Gasteiger charge is 2.38. The van der Waals surface area contributed by atoms with Crippen molar-refractivity contribution in [2.45, 2.75) is 25.9 Å². The van der Waals surface area contributed by atoms with Gasteiger partial charge in [-0.3, -0.25) is 4.79 Å². The van der Waals surface area contributed by atoms with Crippen molar-refractivity contribution in [3.05, 3.63) is 27.5 Å². The maximum Gasteiger partial charge on any atom is 0.433 e. The topological polar surface area (TPSA) is 39.2 Å². The molecule has 0 aliphatic rings. The highest BCUT2D eigenvalue weighted by molar-refractivity contribution is 9.10. The molecule has 0 fully saturated rings. The van der Waals surface area contributed by atoms with E-state index in [1.807, 2.05) is 0 Å². The first kappa shape index (κ1) is 16.8. The van der Waals surface area contributed by atoms with Crippen LogP contribution in [0.1, 0.15) is 30.2 Å². The predicted molar refractivity (Wildman–Crippen MR) is 62.2 cm³/mol. The van der Waals surface area contributed by atoms with E-state index >= 15 is 0 Å². The Morgan fingerprint density at radius 3 is 2.50 bits per heavy atom. The Morgan fingerprint density at radius 1 is 1.45 bits per heavy atom. The SMILES string of the molecule is CCOC(=O)Cc1c(C(F)F)cc(Br)nc1C(F)(F)F. The summed E-state index contributed by atoms with van der Waals surface area (Å²) in [6.45, 7) is 1.39. The number of aromatic nitrogens is 1. The van der Waals surface area contributed by atoms with Crippen molar-refractivity contribution in [1.29, 1.82) is 0 Å². The van der Waals surface area contributed by atoms with Gasteiger partial charge in [-0.15, -0.1) is 0 Å². The number of carbonyl (C=O) groups excluding carboxylic acids is 1. The Morgan fingerprint density at radius 2 is 2.05 bits per heavy atom. The average Bonchev–Trinajstić information content (AvgIpc) is 2.29. The van der Waals surface area contributed by atoms with Gasteiger partial charge < -0.3 is 4.74 Å². The van der Waals surface area contributed by atoms with Crippen molar-refractivity contribution in [1.82, 2.24) is 4.98 Å². The fourth-order valence-corrected chi connectivity index (χ4v) is 1.95. The molecule has 0 aliphatic carbocycles. The Balaban J connectivity index is 3.38. The van der Waals surface area contributed by atoms with E-state index in [9.17, 15) is 26.7 Å². The molecule has 0 bridgehead atoms. The standard InChI is InChI=1S/C11H9BrF5NO2/c1-2-20-8(19)4-5-6(10(13)14)3-7(12)18-9(5)11(15,16)17/h3,10H,2,4H2,1H3. The lowest BCUT2D eigenvalue weighted by atomic mass is 10.0. The summed E-state index contributed by atoms with van der Waals surface area (Å²) in [6, 6.07) is 0.758. The Bertz CT molecular complexity index is 504. The molecular formula is C11H9BrF5NO2. The average molecular weight is 362 g/mol. The molecule has 3 nitrogen and oxygen atoms in total. The molecular weight excluding hydrogens is 353 g/mol. The van der Waals surface area contributed by atoms with Gasteiger partial charge in [0.05, 0.1) is 13.0 Å². The largest absolute Gasteiger partial charge is 0.466 e. The van der Waals surface area contributed by atoms with Gasteiger partial charge in [0.25, 0.3) is 6.43 Å². The summed E-state index contributed by atoms with van der Waals surface area (Å²) in [6.07, 6.45) is -9.03. The zero-order valence-corrected chi connectivity index (χ0v) is 11.7. The molecule has 1 aromatic rings. The molecule has 0 aliphatic heterocycles. The van der Waals surface area contributed by atoms with E-state index in [2.05, 4.69) is 25.7 Å². The molecule has 20 heavy (non-hydrogen) atoms. The minimum atomic E-state index is -4.95. The molecule has 112 valence electrons. The van der Waals surface area contributed by atoms with Gasteiger partial charge in [0.1, 0.15) is 10.3 Å². The van der Waals surface area contributed by atoms with Crippen LogP contribution in [0.25, 0.3) is 0 Å². The molecule has 0 amide bonds. The molecule has 0 saturated carbocycles. The highest BCUT2D eigenvalue weighted by atomic mass is 79.9. The van der Waals surface area contributed by atoms with E-state index in [0.717, 1.165) is 6.07 Å². The molecule has 0 unspecified atom stereocenters. The summed E-state index contributed by atoms with van der Waals surface area (Å²) in [5.74, 6) is -1.02. The second kappa shape index (κ2) is 6.47. The third-order valence-corrected chi connectivity index (χ3v) is 2.66. The Hall–Kier alpha value is -1.25. The van der Waals surface area contributed by atoms with Crippen LogP contribution in [-0.2, 0) is 22.1 Å². The maximum absolute atomic E-state index is 12.8. The number of carbonyl (C=O) groups is 1. The molecule has 1 heterocycles. The Labute approximate surface area is 119 Å². The number of halogens is 6. The van der Waals surface area contributed by atoms with Crippen LogP contribution in [0, 0.1) is 0 Å². The summed E-state index contributed by atoms with van der Waals surface area (Å²) in [5, 5.41) is 0. The van der Waals surface area contributed by atoms with Crippen LogP contribution >= 0.6 is 15.9 Å². The van der Waals surface area contributed by atoms with Crippen LogP contribution in [0.5, 0.6) is 0 Å². The minimum absolute atomic E-state index is 0.0614. The van der Waals surface area contributed by atoms with Crippen molar-refractivity contribution in [3.63, 3.8) is 0 Å². The molecule has 0 atom stereocenters. The quantitative estimate of drug-likeness (QED) is 0.463. The molecule has 0 aromatic carbocycles. The molecule has 1 rings (SSSR count). The number of alkyl halides is 5. The van der Waals surface area contributed by atoms with E-state index in [1.54, 1.807) is 0 Å². The summed E-state index contributed by atoms with van der Waals surface area (Å²) in [4.78, 5) is 14.4. The van der Waals surface area contributed by atoms with Crippen LogP contribution in [0.4, 0.5) is 22.0 Å². The van der Waals surface area contributed by atoms with Crippen molar-refractivity contribution < 1.29 is 31.5 Å². The lowest BCUT2D eigenvalue weighted by Crippen LogP contribution is -2.18. The number of pyridine rings is 1. The third-order valence-electron chi connectivity index (χ3n) is 2.26. The van der Waals surface area contributed by atoms with Crippen molar-refractivity contribution in [2.75, 3.05) is 6.61 Å². The molecule has 9 heteroatoms. The van der Waals surface area contributed by atoms with Gasteiger partial charge >= 0.3 is 12.1 Å². The molecule has 0 spiro atoms.